The molecule has 6 rings (SSSR count). The average Bonchev–Trinajstić information content (AvgIpc) is 3.37. The average molecular weight is 396 g/mol. The Kier molecular flexibility index (Phi) is 3.18. The van der Waals surface area contributed by atoms with Gasteiger partial charge in [0.15, 0.2) is 6.10 Å². The summed E-state index contributed by atoms with van der Waals surface area (Å²) in [6, 6.07) is 5.99. The number of hydrogen-bond donors (Lipinski definition) is 1. The molecule has 5 unspecified atom stereocenters. The van der Waals surface area contributed by atoms with Crippen molar-refractivity contribution in [1.29, 1.82) is 0 Å². The summed E-state index contributed by atoms with van der Waals surface area (Å²) in [5, 5.41) is 3.53. The zero-order chi connectivity index (χ0) is 20.1. The van der Waals surface area contributed by atoms with Crippen LogP contribution in [0.4, 0.5) is 5.69 Å². The van der Waals surface area contributed by atoms with Gasteiger partial charge >= 0.3 is 5.97 Å². The van der Waals surface area contributed by atoms with Gasteiger partial charge in [-0.1, -0.05) is 13.0 Å². The Bertz CT molecular complexity index is 1000. The third-order valence-corrected chi connectivity index (χ3v) is 7.97. The largest absolute Gasteiger partial charge is 0.497 e. The van der Waals surface area contributed by atoms with Crippen LogP contribution in [0.2, 0.25) is 0 Å². The first-order valence-electron chi connectivity index (χ1n) is 10.2. The summed E-state index contributed by atoms with van der Waals surface area (Å²) in [5.74, 6) is 0.558. The van der Waals surface area contributed by atoms with E-state index in [-0.39, 0.29) is 35.5 Å². The van der Waals surface area contributed by atoms with Crippen molar-refractivity contribution in [1.82, 2.24) is 4.90 Å². The standard InChI is InChI=1S/C22H24N2O5/c1-4-21-10-12(19(26)28-3)16-22(13-6-5-11(27-2)9-14(13)23-16)7-8-24(20(21)22)18(25)15-17(21)29-15/h5-6,9,15,17,20,23H,4,7-8,10H2,1-3H3. The number of anilines is 1. The molecule has 1 aromatic rings. The zero-order valence-electron chi connectivity index (χ0n) is 16.8. The first kappa shape index (κ1) is 17.3. The molecule has 4 aliphatic heterocycles. The molecule has 1 aliphatic carbocycles. The quantitative estimate of drug-likeness (QED) is 0.622. The minimum atomic E-state index is -0.439. The summed E-state index contributed by atoms with van der Waals surface area (Å²) in [6.07, 6.45) is 1.70. The number of methoxy groups -OCH3 is 2. The van der Waals surface area contributed by atoms with Gasteiger partial charge in [-0.05, 0) is 30.9 Å². The summed E-state index contributed by atoms with van der Waals surface area (Å²) in [5.41, 5.74) is 2.94. The van der Waals surface area contributed by atoms with Crippen LogP contribution >= 0.6 is 0 Å². The Balaban J connectivity index is 1.65. The number of amides is 1. The molecule has 29 heavy (non-hydrogen) atoms. The van der Waals surface area contributed by atoms with Crippen LogP contribution in [-0.2, 0) is 24.5 Å². The van der Waals surface area contributed by atoms with Crippen LogP contribution in [0.15, 0.2) is 29.5 Å². The van der Waals surface area contributed by atoms with Crippen LogP contribution in [0.3, 0.4) is 0 Å². The Hall–Kier alpha value is -2.54. The molecule has 0 saturated carbocycles. The number of esters is 1. The summed E-state index contributed by atoms with van der Waals surface area (Å²) >= 11 is 0. The van der Waals surface area contributed by atoms with Crippen LogP contribution < -0.4 is 10.1 Å². The number of carbonyl (C=O) groups excluding carboxylic acids is 2. The van der Waals surface area contributed by atoms with Crippen molar-refractivity contribution >= 4 is 17.6 Å². The van der Waals surface area contributed by atoms with E-state index in [1.54, 1.807) is 7.11 Å². The summed E-state index contributed by atoms with van der Waals surface area (Å²) in [4.78, 5) is 28.0. The van der Waals surface area contributed by atoms with E-state index in [0.29, 0.717) is 18.5 Å². The van der Waals surface area contributed by atoms with Crippen LogP contribution in [0.5, 0.6) is 5.75 Å². The highest BCUT2D eigenvalue weighted by atomic mass is 16.6. The lowest BCUT2D eigenvalue weighted by atomic mass is 9.53. The molecule has 1 amide bonds. The molecule has 0 aromatic heterocycles. The molecule has 7 heteroatoms. The number of fused-ring (bicyclic) bond motifs is 3. The lowest BCUT2D eigenvalue weighted by Crippen LogP contribution is -2.64. The number of piperidine rings is 1. The molecule has 0 radical (unpaired) electrons. The minimum Gasteiger partial charge on any atom is -0.497 e. The second kappa shape index (κ2) is 5.33. The number of ether oxygens (including phenoxy) is 3. The van der Waals surface area contributed by atoms with E-state index in [1.165, 1.54) is 7.11 Å². The number of carbonyl (C=O) groups is 2. The van der Waals surface area contributed by atoms with Gasteiger partial charge in [0.2, 0.25) is 0 Å². The molecule has 5 aliphatic rings. The number of epoxide rings is 1. The zero-order valence-corrected chi connectivity index (χ0v) is 16.8. The molecule has 1 aromatic carbocycles. The van der Waals surface area contributed by atoms with E-state index in [2.05, 4.69) is 18.3 Å². The van der Waals surface area contributed by atoms with E-state index in [0.717, 1.165) is 35.5 Å². The van der Waals surface area contributed by atoms with Crippen molar-refractivity contribution in [2.24, 2.45) is 5.41 Å². The Morgan fingerprint density at radius 2 is 2.21 bits per heavy atom. The Morgan fingerprint density at radius 3 is 2.93 bits per heavy atom. The van der Waals surface area contributed by atoms with Crippen molar-refractivity contribution in [3.05, 3.63) is 35.0 Å². The highest BCUT2D eigenvalue weighted by molar-refractivity contribution is 5.95. The van der Waals surface area contributed by atoms with Crippen molar-refractivity contribution < 1.29 is 23.8 Å². The Labute approximate surface area is 169 Å². The van der Waals surface area contributed by atoms with Crippen molar-refractivity contribution in [3.8, 4) is 5.75 Å². The van der Waals surface area contributed by atoms with Gasteiger partial charge in [-0.25, -0.2) is 4.79 Å². The minimum absolute atomic E-state index is 0.0261. The van der Waals surface area contributed by atoms with E-state index in [9.17, 15) is 9.59 Å². The summed E-state index contributed by atoms with van der Waals surface area (Å²) in [6.45, 7) is 2.82. The molecule has 5 atom stereocenters. The van der Waals surface area contributed by atoms with Gasteiger partial charge in [-0.15, -0.1) is 0 Å². The van der Waals surface area contributed by atoms with E-state index < -0.39 is 5.41 Å². The predicted molar refractivity (Wildman–Crippen MR) is 103 cm³/mol. The Morgan fingerprint density at radius 1 is 1.38 bits per heavy atom. The molecule has 4 heterocycles. The normalized spacial score (nSPS) is 38.0. The van der Waals surface area contributed by atoms with Crippen molar-refractivity contribution in [2.45, 2.75) is 49.9 Å². The number of benzene rings is 1. The fourth-order valence-electron chi connectivity index (χ4n) is 6.77. The summed E-state index contributed by atoms with van der Waals surface area (Å²) < 4.78 is 16.6. The van der Waals surface area contributed by atoms with Crippen LogP contribution in [0, 0.1) is 5.41 Å². The maximum absolute atomic E-state index is 13.1. The van der Waals surface area contributed by atoms with Gasteiger partial charge in [-0.3, -0.25) is 4.79 Å². The van der Waals surface area contributed by atoms with E-state index in [1.807, 2.05) is 17.0 Å². The molecular formula is C22H24N2O5. The monoisotopic (exact) mass is 396 g/mol. The summed E-state index contributed by atoms with van der Waals surface area (Å²) in [7, 11) is 3.07. The number of nitrogens with one attached hydrogen (secondary N) is 1. The van der Waals surface area contributed by atoms with Crippen molar-refractivity contribution in [3.63, 3.8) is 0 Å². The number of rotatable bonds is 3. The van der Waals surface area contributed by atoms with Crippen LogP contribution in [0.1, 0.15) is 31.7 Å². The predicted octanol–water partition coefficient (Wildman–Crippen LogP) is 1.97. The SMILES string of the molecule is CCC12CC(C(=O)OC)=C3Nc4cc(OC)ccc4C34CCN(C(=O)C3OC31)C42. The molecule has 3 fully saturated rings. The van der Waals surface area contributed by atoms with Crippen LogP contribution in [0.25, 0.3) is 0 Å². The molecule has 1 spiro atoms. The molecule has 152 valence electrons. The smallest absolute Gasteiger partial charge is 0.335 e. The van der Waals surface area contributed by atoms with E-state index in [4.69, 9.17) is 14.2 Å². The van der Waals surface area contributed by atoms with Gasteiger partial charge in [0.25, 0.3) is 5.91 Å². The van der Waals surface area contributed by atoms with Crippen LogP contribution in [-0.4, -0.2) is 55.8 Å². The molecule has 1 N–H and O–H groups in total. The molecule has 3 saturated heterocycles. The van der Waals surface area contributed by atoms with Gasteiger partial charge in [-0.2, -0.15) is 0 Å². The van der Waals surface area contributed by atoms with Crippen molar-refractivity contribution in [2.75, 3.05) is 26.1 Å². The third-order valence-electron chi connectivity index (χ3n) is 7.97. The lowest BCUT2D eigenvalue weighted by molar-refractivity contribution is -0.141. The highest BCUT2D eigenvalue weighted by Crippen LogP contribution is 2.68. The third kappa shape index (κ3) is 1.79. The maximum atomic E-state index is 13.1. The molecule has 7 nitrogen and oxygen atoms in total. The molecule has 0 bridgehead atoms. The second-order valence-corrected chi connectivity index (χ2v) is 8.78. The number of hydrogen-bond acceptors (Lipinski definition) is 6. The van der Waals surface area contributed by atoms with Gasteiger partial charge in [0.1, 0.15) is 11.9 Å². The first-order chi connectivity index (χ1) is 14.0. The van der Waals surface area contributed by atoms with Gasteiger partial charge in [0, 0.05) is 29.4 Å². The maximum Gasteiger partial charge on any atom is 0.335 e. The second-order valence-electron chi connectivity index (χ2n) is 8.78. The van der Waals surface area contributed by atoms with E-state index >= 15 is 0 Å². The topological polar surface area (TPSA) is 80.4 Å². The fourth-order valence-corrected chi connectivity index (χ4v) is 6.77. The number of nitrogens with zero attached hydrogens (tertiary/aromatic N) is 1. The van der Waals surface area contributed by atoms with Gasteiger partial charge < -0.3 is 24.4 Å². The lowest BCUT2D eigenvalue weighted by Gasteiger charge is -2.54. The van der Waals surface area contributed by atoms with Gasteiger partial charge in [0.05, 0.1) is 31.2 Å². The fraction of sp³-hybridized carbons (Fsp3) is 0.545. The highest BCUT2D eigenvalue weighted by Gasteiger charge is 2.76. The first-order valence-corrected chi connectivity index (χ1v) is 10.2. The molecular weight excluding hydrogens is 372 g/mol.